The fourth-order valence-electron chi connectivity index (χ4n) is 4.00. The smallest absolute Gasteiger partial charge is 0.349 e. The summed E-state index contributed by atoms with van der Waals surface area (Å²) in [5.74, 6) is -5.17. The SMILES string of the molecule is CCOC(=O)C(C)(C)Oc1ccc(CNC(=O)C2SCCN2C(=O)CC(N)Cc2cc(F)c(F)cc2F)c(F)c1. The topological polar surface area (TPSA) is 111 Å². The number of nitrogens with two attached hydrogens (primary N) is 1. The van der Waals surface area contributed by atoms with Crippen LogP contribution in [0.5, 0.6) is 5.75 Å². The van der Waals surface area contributed by atoms with Gasteiger partial charge in [0.05, 0.1) is 6.61 Å². The Morgan fingerprint density at radius 3 is 2.42 bits per heavy atom. The molecule has 40 heavy (non-hydrogen) atoms. The van der Waals surface area contributed by atoms with E-state index in [1.807, 2.05) is 0 Å². The Morgan fingerprint density at radius 1 is 1.07 bits per heavy atom. The highest BCUT2D eigenvalue weighted by Gasteiger charge is 2.35. The minimum atomic E-state index is -1.33. The van der Waals surface area contributed by atoms with Gasteiger partial charge in [-0.3, -0.25) is 9.59 Å². The van der Waals surface area contributed by atoms with Gasteiger partial charge < -0.3 is 25.4 Å². The Bertz CT molecular complexity index is 1260. The van der Waals surface area contributed by atoms with Crippen LogP contribution >= 0.6 is 11.8 Å². The molecule has 1 fully saturated rings. The second-order valence-electron chi connectivity index (χ2n) is 9.64. The number of esters is 1. The van der Waals surface area contributed by atoms with Gasteiger partial charge in [-0.1, -0.05) is 6.07 Å². The first-order valence-corrected chi connectivity index (χ1v) is 13.6. The molecule has 0 spiro atoms. The largest absolute Gasteiger partial charge is 0.476 e. The van der Waals surface area contributed by atoms with Gasteiger partial charge in [-0.2, -0.15) is 0 Å². The number of benzene rings is 2. The molecule has 1 saturated heterocycles. The highest BCUT2D eigenvalue weighted by molar-refractivity contribution is 8.00. The van der Waals surface area contributed by atoms with Gasteiger partial charge in [-0.15, -0.1) is 11.8 Å². The van der Waals surface area contributed by atoms with Crippen molar-refractivity contribution in [3.05, 3.63) is 64.7 Å². The zero-order valence-electron chi connectivity index (χ0n) is 22.3. The molecular weight excluding hydrogens is 554 g/mol. The molecule has 2 unspecified atom stereocenters. The van der Waals surface area contributed by atoms with Gasteiger partial charge in [0.1, 0.15) is 17.4 Å². The lowest BCUT2D eigenvalue weighted by Gasteiger charge is -2.25. The van der Waals surface area contributed by atoms with Gasteiger partial charge in [-0.25, -0.2) is 22.4 Å². The first kappa shape index (κ1) is 31.2. The van der Waals surface area contributed by atoms with E-state index in [0.29, 0.717) is 17.9 Å². The zero-order chi connectivity index (χ0) is 29.6. The Morgan fingerprint density at radius 2 is 1.75 bits per heavy atom. The molecule has 0 aliphatic carbocycles. The summed E-state index contributed by atoms with van der Waals surface area (Å²) in [6.07, 6.45) is -0.455. The van der Waals surface area contributed by atoms with Gasteiger partial charge >= 0.3 is 5.97 Å². The molecule has 2 aromatic rings. The number of rotatable bonds is 11. The number of carbonyl (C=O) groups is 3. The number of hydrogen-bond acceptors (Lipinski definition) is 7. The Hall–Kier alpha value is -3.32. The molecule has 2 atom stereocenters. The quantitative estimate of drug-likeness (QED) is 0.236. The maximum Gasteiger partial charge on any atom is 0.349 e. The highest BCUT2D eigenvalue weighted by Crippen LogP contribution is 2.26. The highest BCUT2D eigenvalue weighted by atomic mass is 32.2. The van der Waals surface area contributed by atoms with Crippen molar-refractivity contribution in [3.63, 3.8) is 0 Å². The molecule has 0 saturated carbocycles. The summed E-state index contributed by atoms with van der Waals surface area (Å²) in [7, 11) is 0. The molecule has 218 valence electrons. The van der Waals surface area contributed by atoms with E-state index in [0.717, 1.165) is 6.07 Å². The van der Waals surface area contributed by atoms with Crippen LogP contribution in [0.25, 0.3) is 0 Å². The van der Waals surface area contributed by atoms with E-state index in [2.05, 4.69) is 5.32 Å². The van der Waals surface area contributed by atoms with Crippen LogP contribution in [0, 0.1) is 23.3 Å². The first-order valence-electron chi connectivity index (χ1n) is 12.5. The second kappa shape index (κ2) is 13.4. The van der Waals surface area contributed by atoms with Gasteiger partial charge in [0, 0.05) is 49.0 Å². The van der Waals surface area contributed by atoms with Crippen molar-refractivity contribution in [2.45, 2.75) is 57.2 Å². The number of halogens is 4. The average molecular weight is 586 g/mol. The molecule has 1 aliphatic heterocycles. The minimum absolute atomic E-state index is 0.105. The second-order valence-corrected chi connectivity index (χ2v) is 10.8. The molecule has 8 nitrogen and oxygen atoms in total. The van der Waals surface area contributed by atoms with Gasteiger partial charge in [0.2, 0.25) is 5.91 Å². The number of hydrogen-bond donors (Lipinski definition) is 2. The maximum absolute atomic E-state index is 14.7. The van der Waals surface area contributed by atoms with Crippen LogP contribution in [-0.4, -0.2) is 58.6 Å². The van der Waals surface area contributed by atoms with Crippen LogP contribution in [-0.2, 0) is 32.1 Å². The fraction of sp³-hybridized carbons (Fsp3) is 0.444. The number of thioether (sulfide) groups is 1. The number of nitrogens with one attached hydrogen (secondary N) is 1. The number of carbonyl (C=O) groups excluding carboxylic acids is 3. The lowest BCUT2D eigenvalue weighted by molar-refractivity contribution is -0.158. The molecule has 3 N–H and O–H groups in total. The summed E-state index contributed by atoms with van der Waals surface area (Å²) >= 11 is 1.22. The Kier molecular flexibility index (Phi) is 10.4. The summed E-state index contributed by atoms with van der Waals surface area (Å²) in [5, 5.41) is 1.74. The normalized spacial score (nSPS) is 16.0. The van der Waals surface area contributed by atoms with E-state index < -0.39 is 58.1 Å². The zero-order valence-corrected chi connectivity index (χ0v) is 23.1. The summed E-state index contributed by atoms with van der Waals surface area (Å²) in [5.41, 5.74) is 4.64. The number of nitrogens with zero attached hydrogens (tertiary/aromatic N) is 1. The van der Waals surface area contributed by atoms with Crippen molar-refractivity contribution in [2.75, 3.05) is 18.9 Å². The molecule has 0 aromatic heterocycles. The van der Waals surface area contributed by atoms with Crippen LogP contribution in [0.2, 0.25) is 0 Å². The van der Waals surface area contributed by atoms with E-state index in [1.165, 1.54) is 42.6 Å². The predicted molar refractivity (Wildman–Crippen MR) is 140 cm³/mol. The van der Waals surface area contributed by atoms with Gasteiger partial charge in [-0.05, 0) is 44.9 Å². The van der Waals surface area contributed by atoms with Gasteiger partial charge in [0.15, 0.2) is 22.6 Å². The maximum atomic E-state index is 14.7. The molecular formula is C27H31F4N3O5S. The van der Waals surface area contributed by atoms with E-state index in [9.17, 15) is 31.9 Å². The monoisotopic (exact) mass is 585 g/mol. The number of amides is 2. The van der Waals surface area contributed by atoms with Crippen LogP contribution < -0.4 is 15.8 Å². The summed E-state index contributed by atoms with van der Waals surface area (Å²) < 4.78 is 65.8. The van der Waals surface area contributed by atoms with Crippen molar-refractivity contribution >= 4 is 29.5 Å². The van der Waals surface area contributed by atoms with E-state index in [1.54, 1.807) is 6.92 Å². The average Bonchev–Trinajstić information content (AvgIpc) is 3.37. The van der Waals surface area contributed by atoms with Crippen LogP contribution in [0.4, 0.5) is 17.6 Å². The van der Waals surface area contributed by atoms with Crippen LogP contribution in [0.15, 0.2) is 30.3 Å². The van der Waals surface area contributed by atoms with Crippen molar-refractivity contribution in [2.24, 2.45) is 5.73 Å². The molecule has 2 aromatic carbocycles. The number of ether oxygens (including phenoxy) is 2. The first-order chi connectivity index (χ1) is 18.8. The molecule has 1 heterocycles. The lowest BCUT2D eigenvalue weighted by Crippen LogP contribution is -2.46. The van der Waals surface area contributed by atoms with Crippen molar-refractivity contribution in [1.29, 1.82) is 0 Å². The lowest BCUT2D eigenvalue weighted by atomic mass is 10.0. The van der Waals surface area contributed by atoms with Crippen LogP contribution in [0.1, 0.15) is 38.3 Å². The van der Waals surface area contributed by atoms with Gasteiger partial charge in [0.25, 0.3) is 5.91 Å². The fourth-order valence-corrected chi connectivity index (χ4v) is 5.17. The molecule has 13 heteroatoms. The molecule has 2 amide bonds. The standard InChI is InChI=1S/C27H31F4N3O5S/c1-4-38-26(37)27(2,3)39-18-6-5-15(19(28)12-18)14-33-24(36)25-34(7-8-40-25)23(35)11-17(32)9-16-10-21(30)22(31)13-20(16)29/h5-6,10,12-13,17,25H,4,7-9,11,14,32H2,1-3H3,(H,33,36). The predicted octanol–water partition coefficient (Wildman–Crippen LogP) is 3.44. The van der Waals surface area contributed by atoms with Crippen LogP contribution in [0.3, 0.4) is 0 Å². The summed E-state index contributed by atoms with van der Waals surface area (Å²) in [6.45, 7) is 4.93. The molecule has 0 bridgehead atoms. The third kappa shape index (κ3) is 7.87. The molecule has 3 rings (SSSR count). The third-order valence-electron chi connectivity index (χ3n) is 6.06. The van der Waals surface area contributed by atoms with Crippen molar-refractivity contribution < 1.29 is 41.4 Å². The third-order valence-corrected chi connectivity index (χ3v) is 7.26. The van der Waals surface area contributed by atoms with E-state index in [-0.39, 0.29) is 49.4 Å². The summed E-state index contributed by atoms with van der Waals surface area (Å²) in [6, 6.07) is 4.20. The van der Waals surface area contributed by atoms with Crippen molar-refractivity contribution in [3.8, 4) is 5.75 Å². The molecule has 0 radical (unpaired) electrons. The summed E-state index contributed by atoms with van der Waals surface area (Å²) in [4.78, 5) is 39.0. The van der Waals surface area contributed by atoms with E-state index in [4.69, 9.17) is 15.2 Å². The Balaban J connectivity index is 1.56. The molecule has 1 aliphatic rings. The van der Waals surface area contributed by atoms with E-state index >= 15 is 0 Å². The minimum Gasteiger partial charge on any atom is -0.476 e. The Labute approximate surface area is 233 Å². The van der Waals surface area contributed by atoms with Crippen molar-refractivity contribution in [1.82, 2.24) is 10.2 Å².